The highest BCUT2D eigenvalue weighted by Crippen LogP contribution is 2.05. The van der Waals surface area contributed by atoms with Crippen LogP contribution < -0.4 is 0 Å². The molecule has 1 aliphatic carbocycles. The summed E-state index contributed by atoms with van der Waals surface area (Å²) < 4.78 is 0. The molecular weight excluding hydrogens is 168 g/mol. The van der Waals surface area contributed by atoms with Crippen molar-refractivity contribution >= 4 is 0 Å². The Morgan fingerprint density at radius 2 is 1.00 bits per heavy atom. The quantitative estimate of drug-likeness (QED) is 0.522. The highest BCUT2D eigenvalue weighted by atomic mass is 13.9. The van der Waals surface area contributed by atoms with E-state index in [-0.39, 0.29) is 0 Å². The zero-order chi connectivity index (χ0) is 9.90. The summed E-state index contributed by atoms with van der Waals surface area (Å²) in [7, 11) is 0. The summed E-state index contributed by atoms with van der Waals surface area (Å²) in [5.74, 6) is 0. The van der Waals surface area contributed by atoms with Gasteiger partial charge in [-0.2, -0.15) is 0 Å². The minimum Gasteiger partial charge on any atom is -0.0845 e. The third-order valence-corrected chi connectivity index (χ3v) is 2.28. The lowest BCUT2D eigenvalue weighted by atomic mass is 10.1. The first kappa shape index (κ1) is 11.0. The van der Waals surface area contributed by atoms with E-state index in [2.05, 4.69) is 48.6 Å². The number of hydrogen-bond acceptors (Lipinski definition) is 0. The van der Waals surface area contributed by atoms with Crippen LogP contribution in [0.4, 0.5) is 0 Å². The van der Waals surface area contributed by atoms with Gasteiger partial charge in [-0.25, -0.2) is 0 Å². The molecule has 0 saturated heterocycles. The Labute approximate surface area is 87.7 Å². The molecule has 0 heterocycles. The second-order valence-corrected chi connectivity index (χ2v) is 3.59. The van der Waals surface area contributed by atoms with Crippen LogP contribution in [0.15, 0.2) is 48.6 Å². The second kappa shape index (κ2) is 8.55. The van der Waals surface area contributed by atoms with Crippen LogP contribution in [0.2, 0.25) is 0 Å². The lowest BCUT2D eigenvalue weighted by Crippen LogP contribution is -1.74. The fourth-order valence-electron chi connectivity index (χ4n) is 1.44. The first-order chi connectivity index (χ1) is 7.00. The highest BCUT2D eigenvalue weighted by molar-refractivity contribution is 5.08. The van der Waals surface area contributed by atoms with Crippen molar-refractivity contribution in [1.82, 2.24) is 0 Å². The largest absolute Gasteiger partial charge is 0.0845 e. The molecule has 0 unspecified atom stereocenters. The zero-order valence-electron chi connectivity index (χ0n) is 8.86. The van der Waals surface area contributed by atoms with Gasteiger partial charge >= 0.3 is 0 Å². The SMILES string of the molecule is C1=CC/C=C/C=C\CCCCC/C=C\1. The Hall–Kier alpha value is -1.04. The minimum atomic E-state index is 1.04. The van der Waals surface area contributed by atoms with Crippen molar-refractivity contribution in [3.8, 4) is 0 Å². The van der Waals surface area contributed by atoms with Gasteiger partial charge in [-0.15, -0.1) is 0 Å². The van der Waals surface area contributed by atoms with Crippen LogP contribution >= 0.6 is 0 Å². The minimum absolute atomic E-state index is 1.04. The molecule has 0 amide bonds. The van der Waals surface area contributed by atoms with Crippen molar-refractivity contribution in [3.63, 3.8) is 0 Å². The molecule has 0 nitrogen and oxygen atoms in total. The third-order valence-electron chi connectivity index (χ3n) is 2.28. The van der Waals surface area contributed by atoms with E-state index >= 15 is 0 Å². The number of rotatable bonds is 0. The van der Waals surface area contributed by atoms with Crippen LogP contribution in [0.3, 0.4) is 0 Å². The maximum Gasteiger partial charge on any atom is -0.0163 e. The van der Waals surface area contributed by atoms with E-state index in [9.17, 15) is 0 Å². The van der Waals surface area contributed by atoms with E-state index in [0.717, 1.165) is 6.42 Å². The molecule has 0 radical (unpaired) electrons. The standard InChI is InChI=1S/C14H20/c1-2-4-6-8-10-12-14-13-11-9-7-5-3-1/h1-4,7,9,11,13H,5-6,8,10,12,14H2/b3-1+,4-2-,9-7?,13-11-. The number of hydrogen-bond donors (Lipinski definition) is 0. The van der Waals surface area contributed by atoms with Gasteiger partial charge in [0.2, 0.25) is 0 Å². The monoisotopic (exact) mass is 188 g/mol. The van der Waals surface area contributed by atoms with Crippen LogP contribution in [0.25, 0.3) is 0 Å². The molecule has 0 aromatic carbocycles. The summed E-state index contributed by atoms with van der Waals surface area (Å²) in [6.45, 7) is 0. The Bertz CT molecular complexity index is 204. The van der Waals surface area contributed by atoms with E-state index in [4.69, 9.17) is 0 Å². The molecule has 0 saturated carbocycles. The maximum atomic E-state index is 2.27. The van der Waals surface area contributed by atoms with Gasteiger partial charge in [0.1, 0.15) is 0 Å². The molecule has 0 aromatic rings. The predicted octanol–water partition coefficient (Wildman–Crippen LogP) is 4.57. The second-order valence-electron chi connectivity index (χ2n) is 3.59. The molecule has 0 aromatic heterocycles. The highest BCUT2D eigenvalue weighted by Gasteiger charge is 1.85. The summed E-state index contributed by atoms with van der Waals surface area (Å²) in [5.41, 5.74) is 0. The van der Waals surface area contributed by atoms with Crippen molar-refractivity contribution in [2.75, 3.05) is 0 Å². The Balaban J connectivity index is 2.35. The lowest BCUT2D eigenvalue weighted by Gasteiger charge is -1.94. The van der Waals surface area contributed by atoms with Gasteiger partial charge < -0.3 is 0 Å². The van der Waals surface area contributed by atoms with Crippen molar-refractivity contribution < 1.29 is 0 Å². The summed E-state index contributed by atoms with van der Waals surface area (Å²) in [5, 5.41) is 0. The molecule has 1 rings (SSSR count). The van der Waals surface area contributed by atoms with E-state index in [1.165, 1.54) is 32.1 Å². The molecule has 0 fully saturated rings. The van der Waals surface area contributed by atoms with Crippen molar-refractivity contribution in [2.45, 2.75) is 38.5 Å². The van der Waals surface area contributed by atoms with Gasteiger partial charge in [0, 0.05) is 0 Å². The molecule has 0 aliphatic heterocycles. The van der Waals surface area contributed by atoms with Crippen molar-refractivity contribution in [3.05, 3.63) is 48.6 Å². The maximum absolute atomic E-state index is 2.27. The molecular formula is C14H20. The summed E-state index contributed by atoms with van der Waals surface area (Å²) >= 11 is 0. The first-order valence-corrected chi connectivity index (χ1v) is 5.63. The molecule has 0 spiro atoms. The van der Waals surface area contributed by atoms with E-state index in [1.54, 1.807) is 0 Å². The van der Waals surface area contributed by atoms with Crippen LogP contribution in [0.5, 0.6) is 0 Å². The topological polar surface area (TPSA) is 0 Å². The van der Waals surface area contributed by atoms with E-state index in [1.807, 2.05) is 0 Å². The molecule has 14 heavy (non-hydrogen) atoms. The number of allylic oxidation sites excluding steroid dienone is 8. The predicted molar refractivity (Wildman–Crippen MR) is 64.3 cm³/mol. The van der Waals surface area contributed by atoms with Gasteiger partial charge in [0.15, 0.2) is 0 Å². The average Bonchev–Trinajstić information content (AvgIpc) is 2.22. The lowest BCUT2D eigenvalue weighted by molar-refractivity contribution is 0.696. The van der Waals surface area contributed by atoms with Crippen LogP contribution in [0.1, 0.15) is 38.5 Å². The third kappa shape index (κ3) is 6.47. The zero-order valence-corrected chi connectivity index (χ0v) is 8.86. The van der Waals surface area contributed by atoms with Crippen molar-refractivity contribution in [2.24, 2.45) is 0 Å². The fraction of sp³-hybridized carbons (Fsp3) is 0.429. The van der Waals surface area contributed by atoms with Crippen LogP contribution in [-0.2, 0) is 0 Å². The fourth-order valence-corrected chi connectivity index (χ4v) is 1.44. The normalized spacial score (nSPS) is 26.3. The van der Waals surface area contributed by atoms with Gasteiger partial charge in [-0.05, 0) is 32.1 Å². The van der Waals surface area contributed by atoms with Crippen LogP contribution in [0, 0.1) is 0 Å². The smallest absolute Gasteiger partial charge is 0.0163 e. The Morgan fingerprint density at radius 1 is 0.500 bits per heavy atom. The van der Waals surface area contributed by atoms with Gasteiger partial charge in [-0.1, -0.05) is 55.0 Å². The molecule has 0 N–H and O–H groups in total. The Morgan fingerprint density at radius 3 is 1.57 bits per heavy atom. The molecule has 0 heteroatoms. The molecule has 0 bridgehead atoms. The molecule has 0 atom stereocenters. The first-order valence-electron chi connectivity index (χ1n) is 5.63. The molecule has 76 valence electrons. The summed E-state index contributed by atoms with van der Waals surface area (Å²) in [6, 6.07) is 0. The van der Waals surface area contributed by atoms with Crippen LogP contribution in [-0.4, -0.2) is 0 Å². The summed E-state index contributed by atoms with van der Waals surface area (Å²) in [4.78, 5) is 0. The average molecular weight is 188 g/mol. The van der Waals surface area contributed by atoms with Gasteiger partial charge in [0.25, 0.3) is 0 Å². The van der Waals surface area contributed by atoms with E-state index in [0.29, 0.717) is 0 Å². The van der Waals surface area contributed by atoms with Gasteiger partial charge in [0.05, 0.1) is 0 Å². The summed E-state index contributed by atoms with van der Waals surface area (Å²) in [6.07, 6.45) is 25.0. The molecule has 1 aliphatic rings. The Kier molecular flexibility index (Phi) is 6.74. The van der Waals surface area contributed by atoms with E-state index < -0.39 is 0 Å². The van der Waals surface area contributed by atoms with Crippen molar-refractivity contribution in [1.29, 1.82) is 0 Å². The van der Waals surface area contributed by atoms with Gasteiger partial charge in [-0.3, -0.25) is 0 Å².